The third kappa shape index (κ3) is 3.93. The summed E-state index contributed by atoms with van der Waals surface area (Å²) < 4.78 is 15.7. The Balaban J connectivity index is 1.39. The van der Waals surface area contributed by atoms with Crippen molar-refractivity contribution in [3.05, 3.63) is 70.5 Å². The van der Waals surface area contributed by atoms with Crippen molar-refractivity contribution in [2.75, 3.05) is 7.11 Å². The summed E-state index contributed by atoms with van der Waals surface area (Å²) in [7, 11) is 1.46. The molecule has 3 atom stereocenters. The van der Waals surface area contributed by atoms with Crippen molar-refractivity contribution in [2.24, 2.45) is 11.7 Å². The Kier molecular flexibility index (Phi) is 5.54. The van der Waals surface area contributed by atoms with Gasteiger partial charge in [-0.1, -0.05) is 29.9 Å². The average molecular weight is 424 g/mol. The van der Waals surface area contributed by atoms with Crippen LogP contribution < -0.4 is 15.8 Å². The van der Waals surface area contributed by atoms with Crippen molar-refractivity contribution < 1.29 is 24.1 Å². The van der Waals surface area contributed by atoms with Gasteiger partial charge in [-0.05, 0) is 61.6 Å². The predicted molar refractivity (Wildman–Crippen MR) is 116 cm³/mol. The average Bonchev–Trinajstić information content (AvgIpc) is 2.72. The predicted octanol–water partition coefficient (Wildman–Crippen LogP) is 3.81. The Labute approximate surface area is 181 Å². The minimum atomic E-state index is -0.790. The van der Waals surface area contributed by atoms with Crippen molar-refractivity contribution in [3.8, 4) is 11.5 Å². The minimum Gasteiger partial charge on any atom is -0.504 e. The topological polar surface area (TPSA) is 103 Å². The Hall–Kier alpha value is -3.19. The number of fused-ring (bicyclic) bond motifs is 3. The zero-order chi connectivity index (χ0) is 22.2. The van der Waals surface area contributed by atoms with E-state index in [9.17, 15) is 9.90 Å². The molecule has 31 heavy (non-hydrogen) atoms. The van der Waals surface area contributed by atoms with Gasteiger partial charge in [0.25, 0.3) is 0 Å². The van der Waals surface area contributed by atoms with Crippen LogP contribution in [-0.2, 0) is 16.1 Å². The molecule has 0 radical (unpaired) electrons. The lowest BCUT2D eigenvalue weighted by molar-refractivity contribution is 0.0248. The number of hydrogen-bond acceptors (Lipinski definition) is 7. The summed E-state index contributed by atoms with van der Waals surface area (Å²) in [4.78, 5) is 12.2. The van der Waals surface area contributed by atoms with Gasteiger partial charge in [-0.3, -0.25) is 0 Å². The van der Waals surface area contributed by atoms with Crippen LogP contribution in [0.2, 0.25) is 0 Å². The van der Waals surface area contributed by atoms with Crippen molar-refractivity contribution >= 4 is 6.16 Å². The zero-order valence-corrected chi connectivity index (χ0v) is 18.0. The van der Waals surface area contributed by atoms with Gasteiger partial charge in [0.2, 0.25) is 0 Å². The molecule has 0 amide bonds. The summed E-state index contributed by atoms with van der Waals surface area (Å²) >= 11 is 0. The van der Waals surface area contributed by atoms with E-state index in [0.29, 0.717) is 11.3 Å². The molecule has 0 spiro atoms. The maximum atomic E-state index is 12.2. The molecule has 164 valence electrons. The van der Waals surface area contributed by atoms with Gasteiger partial charge >= 0.3 is 6.16 Å². The first kappa shape index (κ1) is 21.1. The highest BCUT2D eigenvalue weighted by molar-refractivity contribution is 5.61. The normalized spacial score (nSPS) is 27.9. The Morgan fingerprint density at radius 2 is 2.23 bits per heavy atom. The van der Waals surface area contributed by atoms with E-state index in [0.717, 1.165) is 24.1 Å². The lowest BCUT2D eigenvalue weighted by atomic mass is 9.63. The van der Waals surface area contributed by atoms with Crippen LogP contribution in [-0.4, -0.2) is 30.1 Å². The number of methoxy groups -OCH3 is 1. The number of carbonyl (C=O) groups is 1. The Morgan fingerprint density at radius 1 is 1.42 bits per heavy atom. The van der Waals surface area contributed by atoms with E-state index in [-0.39, 0.29) is 18.3 Å². The van der Waals surface area contributed by atoms with Crippen molar-refractivity contribution in [1.82, 2.24) is 5.32 Å². The quantitative estimate of drug-likeness (QED) is 0.499. The number of ether oxygens (including phenoxy) is 3. The maximum absolute atomic E-state index is 12.2. The molecule has 0 aromatic heterocycles. The third-order valence-electron chi connectivity index (χ3n) is 6.08. The molecular weight excluding hydrogens is 396 g/mol. The lowest BCUT2D eigenvalue weighted by Gasteiger charge is -2.47. The summed E-state index contributed by atoms with van der Waals surface area (Å²) in [5.41, 5.74) is 11.6. The molecule has 7 heteroatoms. The van der Waals surface area contributed by atoms with Crippen LogP contribution in [0.3, 0.4) is 0 Å². The van der Waals surface area contributed by atoms with Crippen LogP contribution in [0.5, 0.6) is 11.5 Å². The van der Waals surface area contributed by atoms with Gasteiger partial charge in [-0.15, -0.1) is 0 Å². The highest BCUT2D eigenvalue weighted by Crippen LogP contribution is 2.48. The first-order chi connectivity index (χ1) is 14.8. The number of benzene rings is 1. The summed E-state index contributed by atoms with van der Waals surface area (Å²) in [6.45, 7) is 4.16. The number of allylic oxidation sites excluding steroid dienone is 3. The Bertz CT molecular complexity index is 1020. The van der Waals surface area contributed by atoms with E-state index in [1.165, 1.54) is 24.3 Å². The molecule has 4 rings (SSSR count). The highest BCUT2D eigenvalue weighted by atomic mass is 16.7. The standard InChI is InChI=1S/C24H28N2O5/c1-4-17-16-9-14(2)12-24(17,25)18-6-8-22(26-19(18)11-16)31-23(28)30-13-15-5-7-20(27)21(10-15)29-3/h4-10,16,22,26-27H,11-13,25H2,1-3H3/t16-,22?,24?/m1/s1. The number of carbonyl (C=O) groups excluding carboxylic acids is 1. The fourth-order valence-electron chi connectivity index (χ4n) is 4.81. The summed E-state index contributed by atoms with van der Waals surface area (Å²) in [5, 5.41) is 13.0. The van der Waals surface area contributed by atoms with E-state index in [2.05, 4.69) is 24.4 Å². The van der Waals surface area contributed by atoms with Crippen LogP contribution in [0.1, 0.15) is 32.3 Å². The molecule has 0 saturated heterocycles. The molecule has 1 heterocycles. The largest absolute Gasteiger partial charge is 0.510 e. The molecule has 0 saturated carbocycles. The lowest BCUT2D eigenvalue weighted by Crippen LogP contribution is -2.53. The van der Waals surface area contributed by atoms with Crippen molar-refractivity contribution in [1.29, 1.82) is 0 Å². The van der Waals surface area contributed by atoms with Gasteiger partial charge in [-0.25, -0.2) is 4.79 Å². The Morgan fingerprint density at radius 3 is 2.97 bits per heavy atom. The highest BCUT2D eigenvalue weighted by Gasteiger charge is 2.45. The number of nitrogens with one attached hydrogen (secondary N) is 1. The molecular formula is C24H28N2O5. The van der Waals surface area contributed by atoms with Gasteiger partial charge in [0.05, 0.1) is 12.6 Å². The monoisotopic (exact) mass is 424 g/mol. The van der Waals surface area contributed by atoms with Crippen LogP contribution in [0, 0.1) is 5.92 Å². The molecule has 3 aliphatic rings. The van der Waals surface area contributed by atoms with Crippen molar-refractivity contribution in [2.45, 2.75) is 45.1 Å². The second kappa shape index (κ2) is 8.15. The molecule has 0 fully saturated rings. The third-order valence-corrected chi connectivity index (χ3v) is 6.08. The van der Waals surface area contributed by atoms with Crippen LogP contribution >= 0.6 is 0 Å². The fraction of sp³-hybridized carbons (Fsp3) is 0.375. The van der Waals surface area contributed by atoms with E-state index in [1.807, 2.05) is 13.0 Å². The molecule has 2 unspecified atom stereocenters. The van der Waals surface area contributed by atoms with E-state index in [1.54, 1.807) is 18.2 Å². The van der Waals surface area contributed by atoms with Gasteiger partial charge in [-0.2, -0.15) is 0 Å². The number of hydrogen-bond donors (Lipinski definition) is 3. The number of dihydropyridines is 1. The van der Waals surface area contributed by atoms with Gasteiger partial charge < -0.3 is 30.4 Å². The molecule has 2 aliphatic carbocycles. The maximum Gasteiger partial charge on any atom is 0.510 e. The van der Waals surface area contributed by atoms with Gasteiger partial charge in [0.15, 0.2) is 17.7 Å². The fourth-order valence-corrected chi connectivity index (χ4v) is 4.81. The van der Waals surface area contributed by atoms with Gasteiger partial charge in [0, 0.05) is 11.6 Å². The number of rotatable bonds is 4. The first-order valence-electron chi connectivity index (χ1n) is 10.3. The van der Waals surface area contributed by atoms with Crippen LogP contribution in [0.25, 0.3) is 0 Å². The summed E-state index contributed by atoms with van der Waals surface area (Å²) in [5.74, 6) is 0.586. The molecule has 1 aliphatic heterocycles. The van der Waals surface area contributed by atoms with Crippen molar-refractivity contribution in [3.63, 3.8) is 0 Å². The minimum absolute atomic E-state index is 0.00255. The van der Waals surface area contributed by atoms with E-state index < -0.39 is 17.9 Å². The number of phenolic OH excluding ortho intramolecular Hbond substituents is 1. The van der Waals surface area contributed by atoms with Crippen LogP contribution in [0.4, 0.5) is 4.79 Å². The zero-order valence-electron chi connectivity index (χ0n) is 18.0. The summed E-state index contributed by atoms with van der Waals surface area (Å²) in [6, 6.07) is 4.74. The number of nitrogens with two attached hydrogens (primary N) is 1. The second-order valence-corrected chi connectivity index (χ2v) is 8.19. The van der Waals surface area contributed by atoms with E-state index in [4.69, 9.17) is 19.9 Å². The first-order valence-corrected chi connectivity index (χ1v) is 10.3. The number of aromatic hydroxyl groups is 1. The SMILES string of the molecule is CC=C1[C@@H]2C=C(C)CC1(N)C1=C(C2)NC(OC(=O)OCc2ccc(O)c(OC)c2)C=C1. The van der Waals surface area contributed by atoms with E-state index >= 15 is 0 Å². The molecule has 2 bridgehead atoms. The number of phenols is 1. The smallest absolute Gasteiger partial charge is 0.504 e. The second-order valence-electron chi connectivity index (χ2n) is 8.19. The molecule has 1 aromatic rings. The summed E-state index contributed by atoms with van der Waals surface area (Å²) in [6.07, 6.45) is 8.31. The molecule has 1 aromatic carbocycles. The molecule has 7 nitrogen and oxygen atoms in total. The molecule has 4 N–H and O–H groups in total. The van der Waals surface area contributed by atoms with Gasteiger partial charge in [0.1, 0.15) is 6.61 Å². The van der Waals surface area contributed by atoms with Crippen LogP contribution in [0.15, 0.2) is 64.9 Å².